The number of nitriles is 1. The fraction of sp³-hybridized carbons (Fsp3) is 0.412. The normalized spacial score (nSPS) is 27.2. The van der Waals surface area contributed by atoms with Gasteiger partial charge < -0.3 is 30.6 Å². The van der Waals surface area contributed by atoms with Gasteiger partial charge in [-0.1, -0.05) is 59.8 Å². The summed E-state index contributed by atoms with van der Waals surface area (Å²) in [6.45, 7) is 9.18. The van der Waals surface area contributed by atoms with Crippen molar-refractivity contribution in [2.45, 2.75) is 102 Å². The fourth-order valence-corrected chi connectivity index (χ4v) is 12.3. The molecule has 0 aromatic heterocycles. The lowest BCUT2D eigenvalue weighted by Gasteiger charge is -2.45. The van der Waals surface area contributed by atoms with Crippen LogP contribution in [0.25, 0.3) is 16.0 Å². The number of benzene rings is 4. The second kappa shape index (κ2) is 19.3. The van der Waals surface area contributed by atoms with E-state index in [1.165, 1.54) is 23.1 Å². The average Bonchev–Trinajstić information content (AvgIpc) is 3.99. The number of hydrogen-bond acceptors (Lipinski definition) is 10. The molecule has 2 amide bonds. The average molecular weight is 991 g/mol. The van der Waals surface area contributed by atoms with Crippen molar-refractivity contribution in [3.05, 3.63) is 128 Å². The highest BCUT2D eigenvalue weighted by Crippen LogP contribution is 2.65. The van der Waals surface area contributed by atoms with E-state index in [0.29, 0.717) is 70.5 Å². The number of nitrogens with zero attached hydrogens (tertiary/aromatic N) is 5. The maximum Gasteiger partial charge on any atom is 0.488 e. The lowest BCUT2D eigenvalue weighted by Crippen LogP contribution is -2.51. The van der Waals surface area contributed by atoms with Gasteiger partial charge in [-0.3, -0.25) is 19.5 Å². The number of methoxy groups -OCH3 is 2. The number of nitrogens with two attached hydrogens (primary N) is 1. The van der Waals surface area contributed by atoms with Crippen LogP contribution in [0.3, 0.4) is 0 Å². The number of ether oxygens (including phenoxy) is 2. The van der Waals surface area contributed by atoms with E-state index in [4.69, 9.17) is 47.1 Å². The standard InChI is InChI=1S/C25H25FN4O2.C18H20BrFN2O2.C7H6BNO2.CH4/c1-28-16-6-4-5-15(13-16)18-7-8-20(26)19-14-24(11-9-17(32-3)10-12-24)25(21(18)19)22(31)30(2)23(27)29-25;1-10-21-16(23)18(22-10)15-12(14(20)4-3-13(15)19)9-17(18)7-5-11(24-2)6-8-17;9-5-6-2-1-3-7(4-6)8(10)11;/h4-8,13,17H,9-12,14H2,2-3H3,(H2,27,29);3-4,11H,5-9H2,1-2H3,(H,21,22,23);1-4,10-11H;1H4. The van der Waals surface area contributed by atoms with Crippen LogP contribution in [-0.2, 0) is 43.0 Å². The number of nitrogens with one attached hydrogen (secondary N) is 1. The van der Waals surface area contributed by atoms with Gasteiger partial charge in [-0.15, -0.1) is 0 Å². The van der Waals surface area contributed by atoms with Gasteiger partial charge in [-0.25, -0.2) is 18.6 Å². The summed E-state index contributed by atoms with van der Waals surface area (Å²) < 4.78 is 41.7. The Morgan fingerprint density at radius 1 is 0.882 bits per heavy atom. The van der Waals surface area contributed by atoms with Gasteiger partial charge in [0.25, 0.3) is 11.8 Å². The summed E-state index contributed by atoms with van der Waals surface area (Å²) in [5.74, 6) is -0.144. The molecule has 2 aliphatic heterocycles. The Kier molecular flexibility index (Phi) is 14.2. The monoisotopic (exact) mass is 989 g/mol. The number of amides is 2. The highest BCUT2D eigenvalue weighted by molar-refractivity contribution is 9.10. The Bertz CT molecular complexity index is 2800. The summed E-state index contributed by atoms with van der Waals surface area (Å²) in [6.07, 6.45) is 7.59. The largest absolute Gasteiger partial charge is 0.488 e. The minimum atomic E-state index is -1.50. The van der Waals surface area contributed by atoms with Gasteiger partial charge in [0.2, 0.25) is 0 Å². The Morgan fingerprint density at radius 2 is 1.46 bits per heavy atom. The maximum atomic E-state index is 15.3. The van der Waals surface area contributed by atoms with Gasteiger partial charge in [0.1, 0.15) is 17.5 Å². The van der Waals surface area contributed by atoms with Crippen LogP contribution in [-0.4, -0.2) is 79.2 Å². The van der Waals surface area contributed by atoms with Gasteiger partial charge in [-0.2, -0.15) is 5.26 Å². The van der Waals surface area contributed by atoms with Gasteiger partial charge in [-0.05, 0) is 135 Å². The Hall–Kier alpha value is -5.82. The summed E-state index contributed by atoms with van der Waals surface area (Å²) >= 11 is 3.55. The predicted molar refractivity (Wildman–Crippen MR) is 260 cm³/mol. The van der Waals surface area contributed by atoms with E-state index in [0.717, 1.165) is 54.1 Å². The van der Waals surface area contributed by atoms with Crippen molar-refractivity contribution in [1.82, 2.24) is 10.2 Å². The number of hydrogen-bond donors (Lipinski definition) is 4. The minimum absolute atomic E-state index is 0. The molecule has 0 radical (unpaired) electrons. The SMILES string of the molecule is C.COC1CCC2(CC1)Cc1c(F)ccc(Br)c1C21N=C(C)NC1=O.N#Cc1cccc(B(O)O)c1.[C-]#[N+]c1cccc(-c2ccc(F)c3c2C2(N=C(N)N(C)C2=O)C2(CCC(OC)CC2)C3)c1. The van der Waals surface area contributed by atoms with Crippen molar-refractivity contribution < 1.29 is 37.9 Å². The van der Waals surface area contributed by atoms with Crippen molar-refractivity contribution in [3.63, 3.8) is 0 Å². The first-order valence-corrected chi connectivity index (χ1v) is 23.0. The zero-order chi connectivity index (χ0) is 48.1. The highest BCUT2D eigenvalue weighted by Gasteiger charge is 2.68. The maximum absolute atomic E-state index is 15.3. The fourth-order valence-electron chi connectivity index (χ4n) is 11.7. The van der Waals surface area contributed by atoms with E-state index in [2.05, 4.69) is 26.1 Å². The van der Waals surface area contributed by atoms with Crippen LogP contribution < -0.4 is 16.5 Å². The van der Waals surface area contributed by atoms with E-state index in [1.54, 1.807) is 76.7 Å². The Labute approximate surface area is 404 Å². The van der Waals surface area contributed by atoms with E-state index < -0.39 is 23.6 Å². The van der Waals surface area contributed by atoms with Gasteiger partial charge in [0, 0.05) is 47.7 Å². The number of halogens is 3. The molecule has 2 saturated carbocycles. The summed E-state index contributed by atoms with van der Waals surface area (Å²) in [5, 5.41) is 28.7. The van der Waals surface area contributed by atoms with Crippen molar-refractivity contribution in [2.24, 2.45) is 26.5 Å². The van der Waals surface area contributed by atoms with Crippen LogP contribution in [0, 0.1) is 40.4 Å². The number of carbonyl (C=O) groups excluding carboxylic acids is 2. The predicted octanol–water partition coefficient (Wildman–Crippen LogP) is 7.49. The number of guanidine groups is 1. The lowest BCUT2D eigenvalue weighted by molar-refractivity contribution is -0.137. The third kappa shape index (κ3) is 8.01. The molecule has 10 rings (SSSR count). The summed E-state index contributed by atoms with van der Waals surface area (Å²) in [7, 11) is 3.56. The molecule has 354 valence electrons. The molecule has 0 bridgehead atoms. The lowest BCUT2D eigenvalue weighted by atomic mass is 9.61. The first kappa shape index (κ1) is 50.1. The quantitative estimate of drug-likeness (QED) is 0.120. The van der Waals surface area contributed by atoms with Crippen LogP contribution in [0.2, 0.25) is 0 Å². The number of likely N-dealkylation sites (N-methyl/N-ethyl adjacent to an activating group) is 1. The summed E-state index contributed by atoms with van der Waals surface area (Å²) in [4.78, 5) is 41.5. The van der Waals surface area contributed by atoms with Crippen molar-refractivity contribution in [3.8, 4) is 17.2 Å². The molecule has 2 atom stereocenters. The van der Waals surface area contributed by atoms with Crippen molar-refractivity contribution >= 4 is 57.8 Å². The van der Waals surface area contributed by atoms with Crippen LogP contribution in [0.4, 0.5) is 14.5 Å². The second-order valence-corrected chi connectivity index (χ2v) is 19.1. The molecule has 2 unspecified atom stereocenters. The van der Waals surface area contributed by atoms with Crippen molar-refractivity contribution in [1.29, 1.82) is 5.26 Å². The third-order valence-electron chi connectivity index (χ3n) is 15.0. The van der Waals surface area contributed by atoms with Crippen LogP contribution in [0.1, 0.15) is 93.5 Å². The first-order chi connectivity index (χ1) is 32.0. The molecule has 2 fully saturated rings. The molecule has 4 aromatic carbocycles. The van der Waals surface area contributed by atoms with Crippen molar-refractivity contribution in [2.75, 3.05) is 21.3 Å². The first-order valence-electron chi connectivity index (χ1n) is 22.2. The third-order valence-corrected chi connectivity index (χ3v) is 15.7. The van der Waals surface area contributed by atoms with Crippen LogP contribution >= 0.6 is 15.9 Å². The zero-order valence-corrected chi connectivity index (χ0v) is 39.3. The number of aliphatic imine (C=N–C) groups is 2. The van der Waals surface area contributed by atoms with Gasteiger partial charge in [0.05, 0.1) is 30.4 Å². The molecular formula is C51H55BBrF2N7O6. The molecule has 4 aliphatic carbocycles. The van der Waals surface area contributed by atoms with E-state index in [-0.39, 0.29) is 54.5 Å². The molecule has 68 heavy (non-hydrogen) atoms. The molecule has 4 aromatic rings. The molecule has 0 saturated heterocycles. The number of rotatable bonds is 4. The number of amidine groups is 1. The smallest absolute Gasteiger partial charge is 0.423 e. The summed E-state index contributed by atoms with van der Waals surface area (Å²) in [6, 6.07) is 21.6. The molecule has 5 N–H and O–H groups in total. The molecule has 6 aliphatic rings. The number of fused-ring (bicyclic) bond motifs is 6. The molecular weight excluding hydrogens is 935 g/mol. The topological polar surface area (TPSA) is 187 Å². The molecule has 13 nitrogen and oxygen atoms in total. The van der Waals surface area contributed by atoms with E-state index in [9.17, 15) is 14.0 Å². The van der Waals surface area contributed by atoms with E-state index >= 15 is 4.39 Å². The Balaban J connectivity index is 0.000000167. The minimum Gasteiger partial charge on any atom is -0.423 e. The summed E-state index contributed by atoms with van der Waals surface area (Å²) in [5.41, 5.74) is 8.20. The van der Waals surface area contributed by atoms with Gasteiger partial charge in [0.15, 0.2) is 22.7 Å². The number of carbonyl (C=O) groups is 2. The van der Waals surface area contributed by atoms with Crippen LogP contribution in [0.15, 0.2) is 87.3 Å². The van der Waals surface area contributed by atoms with Crippen LogP contribution in [0.5, 0.6) is 0 Å². The second-order valence-electron chi connectivity index (χ2n) is 18.3. The molecule has 17 heteroatoms. The van der Waals surface area contributed by atoms with Gasteiger partial charge >= 0.3 is 7.12 Å². The molecule has 2 heterocycles. The Morgan fingerprint density at radius 3 is 1.97 bits per heavy atom. The molecule has 4 spiro atoms. The van der Waals surface area contributed by atoms with E-state index in [1.807, 2.05) is 12.1 Å². The highest BCUT2D eigenvalue weighted by atomic mass is 79.9. The zero-order valence-electron chi connectivity index (χ0n) is 37.7.